The Morgan fingerprint density at radius 1 is 1.26 bits per heavy atom. The summed E-state index contributed by atoms with van der Waals surface area (Å²) in [6.07, 6.45) is 2.11. The number of amides is 3. The van der Waals surface area contributed by atoms with Crippen molar-refractivity contribution in [1.29, 1.82) is 0 Å². The van der Waals surface area contributed by atoms with Crippen LogP contribution in [-0.2, 0) is 10.2 Å². The first-order chi connectivity index (χ1) is 11.0. The first kappa shape index (κ1) is 14.5. The van der Waals surface area contributed by atoms with Crippen LogP contribution in [-0.4, -0.2) is 47.4 Å². The maximum absolute atomic E-state index is 12.6. The molecule has 1 aliphatic carbocycles. The van der Waals surface area contributed by atoms with Gasteiger partial charge in [-0.1, -0.05) is 38.1 Å². The van der Waals surface area contributed by atoms with E-state index >= 15 is 0 Å². The fraction of sp³-hybridized carbons (Fsp3) is 0.556. The van der Waals surface area contributed by atoms with Crippen molar-refractivity contribution in [3.63, 3.8) is 0 Å². The van der Waals surface area contributed by atoms with E-state index in [2.05, 4.69) is 37.4 Å². The first-order valence-corrected chi connectivity index (χ1v) is 8.40. The van der Waals surface area contributed by atoms with Gasteiger partial charge in [-0.3, -0.25) is 4.79 Å². The molecule has 1 aromatic rings. The molecule has 1 saturated heterocycles. The van der Waals surface area contributed by atoms with Gasteiger partial charge in [0.1, 0.15) is 6.54 Å². The largest absolute Gasteiger partial charge is 0.335 e. The fourth-order valence-corrected chi connectivity index (χ4v) is 3.83. The second-order valence-corrected chi connectivity index (χ2v) is 7.61. The van der Waals surface area contributed by atoms with Crippen LogP contribution >= 0.6 is 0 Å². The zero-order valence-electron chi connectivity index (χ0n) is 13.7. The molecule has 2 heterocycles. The molecule has 1 unspecified atom stereocenters. The highest BCUT2D eigenvalue weighted by Gasteiger charge is 2.44. The van der Waals surface area contributed by atoms with Gasteiger partial charge < -0.3 is 15.1 Å². The maximum Gasteiger partial charge on any atom is 0.318 e. The summed E-state index contributed by atoms with van der Waals surface area (Å²) in [6.45, 7) is 5.85. The third kappa shape index (κ3) is 2.48. The Balaban J connectivity index is 1.64. The zero-order valence-corrected chi connectivity index (χ0v) is 13.7. The van der Waals surface area contributed by atoms with Gasteiger partial charge in [0.05, 0.1) is 6.04 Å². The number of hydrogen-bond donors (Lipinski definition) is 1. The molecule has 2 aliphatic heterocycles. The number of fused-ring (bicyclic) bond motifs is 3. The quantitative estimate of drug-likeness (QED) is 0.862. The van der Waals surface area contributed by atoms with E-state index in [-0.39, 0.29) is 29.9 Å². The standard InChI is InChI=1S/C18H23N3O2/c1-18(2)11-21-15(13-5-3-4-6-14(13)18)9-20(10-16(21)22)17(23)19-12-7-8-12/h3-6,12,15H,7-11H2,1-2H3,(H,19,23). The molecule has 2 fully saturated rings. The van der Waals surface area contributed by atoms with Gasteiger partial charge in [-0.15, -0.1) is 0 Å². The van der Waals surface area contributed by atoms with Gasteiger partial charge in [0.15, 0.2) is 0 Å². The Morgan fingerprint density at radius 3 is 2.74 bits per heavy atom. The lowest BCUT2D eigenvalue weighted by molar-refractivity contribution is -0.140. The summed E-state index contributed by atoms with van der Waals surface area (Å²) in [4.78, 5) is 28.6. The van der Waals surface area contributed by atoms with Crippen molar-refractivity contribution in [1.82, 2.24) is 15.1 Å². The molecule has 5 heteroatoms. The van der Waals surface area contributed by atoms with Crippen LogP contribution < -0.4 is 5.32 Å². The minimum Gasteiger partial charge on any atom is -0.335 e. The Hall–Kier alpha value is -2.04. The minimum atomic E-state index is -0.0946. The number of rotatable bonds is 1. The molecular weight excluding hydrogens is 290 g/mol. The Morgan fingerprint density at radius 2 is 2.00 bits per heavy atom. The molecule has 3 aliphatic rings. The normalized spacial score (nSPS) is 25.7. The highest BCUT2D eigenvalue weighted by atomic mass is 16.2. The van der Waals surface area contributed by atoms with E-state index in [1.807, 2.05) is 11.0 Å². The van der Waals surface area contributed by atoms with Crippen molar-refractivity contribution in [3.8, 4) is 0 Å². The average Bonchev–Trinajstić information content (AvgIpc) is 3.32. The molecular formula is C18H23N3O2. The maximum atomic E-state index is 12.6. The van der Waals surface area contributed by atoms with Crippen molar-refractivity contribution in [2.24, 2.45) is 0 Å². The summed E-state index contributed by atoms with van der Waals surface area (Å²) in [5, 5.41) is 3.00. The predicted molar refractivity (Wildman–Crippen MR) is 87.0 cm³/mol. The Kier molecular flexibility index (Phi) is 3.15. The van der Waals surface area contributed by atoms with E-state index in [4.69, 9.17) is 0 Å². The molecule has 122 valence electrons. The molecule has 3 amide bonds. The molecule has 0 bridgehead atoms. The third-order valence-electron chi connectivity index (χ3n) is 5.22. The highest BCUT2D eigenvalue weighted by molar-refractivity contribution is 5.86. The molecule has 0 aromatic heterocycles. The monoisotopic (exact) mass is 313 g/mol. The zero-order chi connectivity index (χ0) is 16.2. The van der Waals surface area contributed by atoms with Gasteiger partial charge in [0.25, 0.3) is 0 Å². The lowest BCUT2D eigenvalue weighted by Crippen LogP contribution is -2.60. The number of piperazine rings is 1. The highest BCUT2D eigenvalue weighted by Crippen LogP contribution is 2.41. The van der Waals surface area contributed by atoms with Crippen molar-refractivity contribution in [2.45, 2.75) is 44.2 Å². The third-order valence-corrected chi connectivity index (χ3v) is 5.22. The minimum absolute atomic E-state index is 0.0228. The second kappa shape index (κ2) is 4.98. The lowest BCUT2D eigenvalue weighted by Gasteiger charge is -2.49. The van der Waals surface area contributed by atoms with Crippen LogP contribution in [0.2, 0.25) is 0 Å². The summed E-state index contributed by atoms with van der Waals surface area (Å²) in [6, 6.07) is 8.52. The van der Waals surface area contributed by atoms with Gasteiger partial charge in [-0.25, -0.2) is 4.79 Å². The van der Waals surface area contributed by atoms with Crippen LogP contribution in [0, 0.1) is 0 Å². The van der Waals surface area contributed by atoms with Crippen LogP contribution in [0.15, 0.2) is 24.3 Å². The van der Waals surface area contributed by atoms with Crippen molar-refractivity contribution in [2.75, 3.05) is 19.6 Å². The van der Waals surface area contributed by atoms with Crippen LogP contribution in [0.5, 0.6) is 0 Å². The van der Waals surface area contributed by atoms with Gasteiger partial charge in [0.2, 0.25) is 5.91 Å². The Labute approximate surface area is 136 Å². The summed E-state index contributed by atoms with van der Waals surface area (Å²) < 4.78 is 0. The molecule has 5 nitrogen and oxygen atoms in total. The van der Waals surface area contributed by atoms with Gasteiger partial charge in [-0.2, -0.15) is 0 Å². The summed E-state index contributed by atoms with van der Waals surface area (Å²) in [5.41, 5.74) is 2.42. The van der Waals surface area contributed by atoms with Crippen LogP contribution in [0.4, 0.5) is 4.79 Å². The first-order valence-electron chi connectivity index (χ1n) is 8.40. The molecule has 1 aromatic carbocycles. The van der Waals surface area contributed by atoms with E-state index in [1.54, 1.807) is 4.90 Å². The summed E-state index contributed by atoms with van der Waals surface area (Å²) in [5.74, 6) is 0.0507. The number of nitrogens with one attached hydrogen (secondary N) is 1. The molecule has 1 atom stereocenters. The van der Waals surface area contributed by atoms with Crippen molar-refractivity contribution >= 4 is 11.9 Å². The van der Waals surface area contributed by atoms with Crippen molar-refractivity contribution < 1.29 is 9.59 Å². The van der Waals surface area contributed by atoms with E-state index in [0.29, 0.717) is 19.1 Å². The molecule has 0 radical (unpaired) electrons. The van der Waals surface area contributed by atoms with E-state index in [0.717, 1.165) is 12.8 Å². The summed E-state index contributed by atoms with van der Waals surface area (Å²) in [7, 11) is 0. The number of carbonyl (C=O) groups excluding carboxylic acids is 2. The predicted octanol–water partition coefficient (Wildman–Crippen LogP) is 2.04. The second-order valence-electron chi connectivity index (χ2n) is 7.61. The van der Waals surface area contributed by atoms with Gasteiger partial charge in [0, 0.05) is 24.5 Å². The molecule has 1 N–H and O–H groups in total. The summed E-state index contributed by atoms with van der Waals surface area (Å²) >= 11 is 0. The Bertz CT molecular complexity index is 666. The lowest BCUT2D eigenvalue weighted by atomic mass is 9.75. The number of hydrogen-bond acceptors (Lipinski definition) is 2. The van der Waals surface area contributed by atoms with Crippen LogP contribution in [0.3, 0.4) is 0 Å². The smallest absolute Gasteiger partial charge is 0.318 e. The number of urea groups is 1. The van der Waals surface area contributed by atoms with E-state index in [9.17, 15) is 9.59 Å². The molecule has 1 saturated carbocycles. The average molecular weight is 313 g/mol. The van der Waals surface area contributed by atoms with E-state index < -0.39 is 0 Å². The number of benzene rings is 1. The molecule has 23 heavy (non-hydrogen) atoms. The number of carbonyl (C=O) groups is 2. The molecule has 4 rings (SSSR count). The topological polar surface area (TPSA) is 52.7 Å². The van der Waals surface area contributed by atoms with Crippen LogP contribution in [0.1, 0.15) is 43.9 Å². The van der Waals surface area contributed by atoms with Crippen LogP contribution in [0.25, 0.3) is 0 Å². The van der Waals surface area contributed by atoms with E-state index in [1.165, 1.54) is 11.1 Å². The number of nitrogens with zero attached hydrogens (tertiary/aromatic N) is 2. The SMILES string of the molecule is CC1(C)CN2C(=O)CN(C(=O)NC3CC3)CC2c2ccccc21. The van der Waals surface area contributed by atoms with Crippen molar-refractivity contribution in [3.05, 3.63) is 35.4 Å². The molecule has 0 spiro atoms. The van der Waals surface area contributed by atoms with Gasteiger partial charge >= 0.3 is 6.03 Å². The fourth-order valence-electron chi connectivity index (χ4n) is 3.83. The van der Waals surface area contributed by atoms with Gasteiger partial charge in [-0.05, 0) is 24.0 Å².